The Bertz CT molecular complexity index is 988. The number of carbonyl (C=O) groups is 2. The molecule has 0 atom stereocenters. The molecule has 2 rings (SSSR count). The molecule has 2 aromatic rings. The molecule has 9 heteroatoms. The van der Waals surface area contributed by atoms with E-state index >= 15 is 0 Å². The van der Waals surface area contributed by atoms with Gasteiger partial charge in [-0.25, -0.2) is 8.42 Å². The Labute approximate surface area is 177 Å². The van der Waals surface area contributed by atoms with Crippen LogP contribution >= 0.6 is 0 Å². The number of sulfonamides is 1. The van der Waals surface area contributed by atoms with Crippen molar-refractivity contribution in [2.24, 2.45) is 0 Å². The number of carbonyl (C=O) groups excluding carboxylic acids is 2. The molecule has 0 saturated heterocycles. The molecule has 0 heterocycles. The molecule has 0 saturated carbocycles. The fourth-order valence-corrected chi connectivity index (χ4v) is 3.98. The maximum atomic E-state index is 12.7. The highest BCUT2D eigenvalue weighted by Crippen LogP contribution is 2.17. The predicted molar refractivity (Wildman–Crippen MR) is 116 cm³/mol. The van der Waals surface area contributed by atoms with Gasteiger partial charge in [0.05, 0.1) is 11.4 Å². The van der Waals surface area contributed by atoms with Crippen LogP contribution in [0, 0.1) is 0 Å². The molecule has 8 nitrogen and oxygen atoms in total. The van der Waals surface area contributed by atoms with Crippen LogP contribution in [-0.2, 0) is 32.7 Å². The van der Waals surface area contributed by atoms with Crippen molar-refractivity contribution in [1.29, 1.82) is 0 Å². The molecule has 2 aromatic carbocycles. The second-order valence-electron chi connectivity index (χ2n) is 7.25. The van der Waals surface area contributed by atoms with E-state index in [0.717, 1.165) is 22.0 Å². The second kappa shape index (κ2) is 10.3. The fraction of sp³-hybridized carbons (Fsp3) is 0.333. The summed E-state index contributed by atoms with van der Waals surface area (Å²) in [4.78, 5) is 25.5. The summed E-state index contributed by atoms with van der Waals surface area (Å²) in [7, 11) is 1.46. The van der Waals surface area contributed by atoms with Crippen LogP contribution in [0.15, 0.2) is 53.4 Å². The lowest BCUT2D eigenvalue weighted by Gasteiger charge is -2.18. The van der Waals surface area contributed by atoms with Gasteiger partial charge in [0.2, 0.25) is 21.8 Å². The van der Waals surface area contributed by atoms with Crippen molar-refractivity contribution in [3.63, 3.8) is 0 Å². The van der Waals surface area contributed by atoms with Gasteiger partial charge in [-0.15, -0.1) is 0 Å². The first-order valence-electron chi connectivity index (χ1n) is 9.42. The van der Waals surface area contributed by atoms with Gasteiger partial charge in [-0.1, -0.05) is 24.3 Å². The predicted octanol–water partition coefficient (Wildman–Crippen LogP) is 1.64. The minimum Gasteiger partial charge on any atom is -0.351 e. The van der Waals surface area contributed by atoms with Crippen LogP contribution in [-0.4, -0.2) is 57.1 Å². The van der Waals surface area contributed by atoms with Gasteiger partial charge in [0.15, 0.2) is 0 Å². The molecule has 30 heavy (non-hydrogen) atoms. The Kier molecular flexibility index (Phi) is 8.10. The largest absolute Gasteiger partial charge is 0.351 e. The minimum absolute atomic E-state index is 0.0447. The topological polar surface area (TPSA) is 98.8 Å². The van der Waals surface area contributed by atoms with Crippen molar-refractivity contribution < 1.29 is 18.0 Å². The summed E-state index contributed by atoms with van der Waals surface area (Å²) in [5, 5.41) is 5.37. The van der Waals surface area contributed by atoms with Crippen LogP contribution in [0.25, 0.3) is 0 Å². The van der Waals surface area contributed by atoms with Crippen LogP contribution in [0.5, 0.6) is 0 Å². The number of nitrogens with one attached hydrogen (secondary N) is 2. The Hall–Kier alpha value is -2.75. The maximum absolute atomic E-state index is 12.7. The molecule has 0 spiro atoms. The van der Waals surface area contributed by atoms with Crippen LogP contribution in [0.3, 0.4) is 0 Å². The Balaban J connectivity index is 1.99. The van der Waals surface area contributed by atoms with E-state index in [1.165, 1.54) is 38.2 Å². The van der Waals surface area contributed by atoms with E-state index in [1.54, 1.807) is 0 Å². The summed E-state index contributed by atoms with van der Waals surface area (Å²) >= 11 is 0. The third-order valence-electron chi connectivity index (χ3n) is 4.33. The summed E-state index contributed by atoms with van der Waals surface area (Å²) in [6.45, 7) is 2.14. The summed E-state index contributed by atoms with van der Waals surface area (Å²) in [6.07, 6.45) is 0. The van der Waals surface area contributed by atoms with Gasteiger partial charge < -0.3 is 15.5 Å². The zero-order valence-corrected chi connectivity index (χ0v) is 18.5. The number of anilines is 1. The number of benzene rings is 2. The highest BCUT2D eigenvalue weighted by atomic mass is 32.2. The van der Waals surface area contributed by atoms with E-state index in [2.05, 4.69) is 10.6 Å². The number of nitrogens with zero attached hydrogens (tertiary/aromatic N) is 2. The van der Waals surface area contributed by atoms with Crippen LogP contribution in [0.4, 0.5) is 5.69 Å². The first kappa shape index (κ1) is 23.5. The van der Waals surface area contributed by atoms with E-state index in [-0.39, 0.29) is 17.3 Å². The van der Waals surface area contributed by atoms with Crippen LogP contribution in [0.1, 0.15) is 18.1 Å². The number of hydrogen-bond donors (Lipinski definition) is 2. The normalized spacial score (nSPS) is 11.5. The number of hydrogen-bond acceptors (Lipinski definition) is 5. The van der Waals surface area contributed by atoms with E-state index in [9.17, 15) is 18.0 Å². The van der Waals surface area contributed by atoms with Crippen LogP contribution < -0.4 is 10.6 Å². The first-order valence-corrected chi connectivity index (χ1v) is 10.9. The lowest BCUT2D eigenvalue weighted by atomic mass is 10.1. The molecular formula is C21H28N4O4S. The molecule has 2 amide bonds. The van der Waals surface area contributed by atoms with Gasteiger partial charge >= 0.3 is 0 Å². The Morgan fingerprint density at radius 1 is 0.933 bits per heavy atom. The average molecular weight is 433 g/mol. The van der Waals surface area contributed by atoms with Gasteiger partial charge in [-0.3, -0.25) is 9.59 Å². The summed E-state index contributed by atoms with van der Waals surface area (Å²) in [5.74, 6) is -0.637. The van der Waals surface area contributed by atoms with E-state index in [4.69, 9.17) is 0 Å². The van der Waals surface area contributed by atoms with Crippen LogP contribution in [0.2, 0.25) is 0 Å². The second-order valence-corrected chi connectivity index (χ2v) is 9.29. The standard InChI is InChI=1S/C21H28N4O4S/c1-16(26)23-19-9-11-20(12-10-19)30(28,29)25(4)15-21(27)22-13-17-7-5-6-8-18(17)14-24(2)3/h5-12H,13-15H2,1-4H3,(H,22,27)(H,23,26). The number of amides is 2. The first-order chi connectivity index (χ1) is 14.1. The van der Waals surface area contributed by atoms with Crippen molar-refractivity contribution in [3.8, 4) is 0 Å². The molecule has 0 aliphatic heterocycles. The molecule has 0 radical (unpaired) electrons. The quantitative estimate of drug-likeness (QED) is 0.628. The zero-order valence-electron chi connectivity index (χ0n) is 17.7. The van der Waals surface area contributed by atoms with Crippen molar-refractivity contribution in [1.82, 2.24) is 14.5 Å². The summed E-state index contributed by atoms with van der Waals surface area (Å²) < 4.78 is 26.4. The summed E-state index contributed by atoms with van der Waals surface area (Å²) in [5.41, 5.74) is 2.58. The average Bonchev–Trinajstić information content (AvgIpc) is 2.66. The minimum atomic E-state index is -3.83. The van der Waals surface area contributed by atoms with Gasteiger partial charge in [-0.2, -0.15) is 4.31 Å². The molecule has 0 unspecified atom stereocenters. The lowest BCUT2D eigenvalue weighted by molar-refractivity contribution is -0.121. The van der Waals surface area contributed by atoms with Gasteiger partial charge in [0.1, 0.15) is 0 Å². The molecule has 0 bridgehead atoms. The van der Waals surface area contributed by atoms with Crippen molar-refractivity contribution >= 4 is 27.5 Å². The SMILES string of the molecule is CC(=O)Nc1ccc(S(=O)(=O)N(C)CC(=O)NCc2ccccc2CN(C)C)cc1. The van der Waals surface area contributed by atoms with Gasteiger partial charge in [-0.05, 0) is 49.5 Å². The van der Waals surface area contributed by atoms with Crippen molar-refractivity contribution in [2.75, 3.05) is 33.0 Å². The smallest absolute Gasteiger partial charge is 0.243 e. The lowest BCUT2D eigenvalue weighted by Crippen LogP contribution is -2.38. The van der Waals surface area contributed by atoms with Gasteiger partial charge in [0, 0.05) is 32.7 Å². The Morgan fingerprint density at radius 3 is 2.10 bits per heavy atom. The van der Waals surface area contributed by atoms with E-state index in [1.807, 2.05) is 43.3 Å². The molecular weight excluding hydrogens is 404 g/mol. The van der Waals surface area contributed by atoms with E-state index < -0.39 is 15.9 Å². The number of rotatable bonds is 9. The molecule has 162 valence electrons. The molecule has 0 fully saturated rings. The van der Waals surface area contributed by atoms with E-state index in [0.29, 0.717) is 12.2 Å². The molecule has 0 aliphatic carbocycles. The monoisotopic (exact) mass is 432 g/mol. The van der Waals surface area contributed by atoms with Crippen molar-refractivity contribution in [2.45, 2.75) is 24.9 Å². The Morgan fingerprint density at radius 2 is 1.53 bits per heavy atom. The van der Waals surface area contributed by atoms with Crippen molar-refractivity contribution in [3.05, 3.63) is 59.7 Å². The maximum Gasteiger partial charge on any atom is 0.243 e. The zero-order chi connectivity index (χ0) is 22.3. The molecule has 0 aliphatic rings. The molecule has 0 aromatic heterocycles. The fourth-order valence-electron chi connectivity index (χ4n) is 2.86. The van der Waals surface area contributed by atoms with Gasteiger partial charge in [0.25, 0.3) is 0 Å². The summed E-state index contributed by atoms with van der Waals surface area (Å²) in [6, 6.07) is 13.6. The third-order valence-corrected chi connectivity index (χ3v) is 6.15. The third kappa shape index (κ3) is 6.65. The highest BCUT2D eigenvalue weighted by molar-refractivity contribution is 7.89. The molecule has 2 N–H and O–H groups in total. The highest BCUT2D eigenvalue weighted by Gasteiger charge is 2.23. The number of likely N-dealkylation sites (N-methyl/N-ethyl adjacent to an activating group) is 1.